The first-order valence-electron chi connectivity index (χ1n) is 5.74. The molecule has 5 heteroatoms. The van der Waals surface area contributed by atoms with Crippen LogP contribution in [0.15, 0.2) is 55.1 Å². The number of imidazole rings is 1. The topological polar surface area (TPSA) is 56.7 Å². The van der Waals surface area contributed by atoms with Crippen LogP contribution >= 0.6 is 0 Å². The fraction of sp³-hybridized carbons (Fsp3) is 0. The average molecular weight is 254 g/mol. The molecule has 0 aliphatic carbocycles. The van der Waals surface area contributed by atoms with Crippen molar-refractivity contribution in [1.29, 1.82) is 0 Å². The van der Waals surface area contributed by atoms with Gasteiger partial charge in [-0.05, 0) is 30.3 Å². The average Bonchev–Trinajstić information content (AvgIpc) is 2.88. The predicted octanol–water partition coefficient (Wildman–Crippen LogP) is 2.66. The van der Waals surface area contributed by atoms with Gasteiger partial charge in [0.25, 0.3) is 0 Å². The Morgan fingerprint density at radius 1 is 1.16 bits per heavy atom. The summed E-state index contributed by atoms with van der Waals surface area (Å²) in [5, 5.41) is 0. The maximum atomic E-state index is 13.3. The van der Waals surface area contributed by atoms with Crippen LogP contribution in [0.5, 0.6) is 0 Å². The second kappa shape index (κ2) is 4.53. The number of rotatable bonds is 2. The first kappa shape index (κ1) is 11.4. The summed E-state index contributed by atoms with van der Waals surface area (Å²) >= 11 is 0. The lowest BCUT2D eigenvalue weighted by molar-refractivity contribution is 0.626. The molecule has 0 aliphatic heterocycles. The van der Waals surface area contributed by atoms with Gasteiger partial charge >= 0.3 is 0 Å². The highest BCUT2D eigenvalue weighted by molar-refractivity contribution is 5.64. The van der Waals surface area contributed by atoms with E-state index in [1.165, 1.54) is 12.1 Å². The van der Waals surface area contributed by atoms with Crippen LogP contribution in [0.3, 0.4) is 0 Å². The summed E-state index contributed by atoms with van der Waals surface area (Å²) < 4.78 is 15.1. The molecule has 0 amide bonds. The molecule has 2 heterocycles. The van der Waals surface area contributed by atoms with Gasteiger partial charge in [0.15, 0.2) is 0 Å². The molecule has 4 nitrogen and oxygen atoms in total. The Morgan fingerprint density at radius 2 is 2.05 bits per heavy atom. The lowest BCUT2D eigenvalue weighted by Crippen LogP contribution is -1.97. The molecule has 94 valence electrons. The van der Waals surface area contributed by atoms with E-state index in [0.29, 0.717) is 11.5 Å². The number of anilines is 1. The van der Waals surface area contributed by atoms with Gasteiger partial charge in [0.1, 0.15) is 11.6 Å². The Labute approximate surface area is 109 Å². The summed E-state index contributed by atoms with van der Waals surface area (Å²) in [5.74, 6) is 0.149. The van der Waals surface area contributed by atoms with E-state index in [0.717, 1.165) is 11.3 Å². The van der Waals surface area contributed by atoms with Crippen molar-refractivity contribution in [2.24, 2.45) is 0 Å². The van der Waals surface area contributed by atoms with Crippen LogP contribution in [-0.4, -0.2) is 14.5 Å². The summed E-state index contributed by atoms with van der Waals surface area (Å²) in [6, 6.07) is 9.93. The van der Waals surface area contributed by atoms with Crippen molar-refractivity contribution in [2.75, 3.05) is 5.73 Å². The third-order valence-electron chi connectivity index (χ3n) is 2.80. The van der Waals surface area contributed by atoms with Crippen LogP contribution in [0, 0.1) is 5.82 Å². The zero-order valence-corrected chi connectivity index (χ0v) is 9.99. The second-order valence-electron chi connectivity index (χ2n) is 4.10. The summed E-state index contributed by atoms with van der Waals surface area (Å²) in [6.45, 7) is 0. The van der Waals surface area contributed by atoms with Crippen molar-refractivity contribution in [2.45, 2.75) is 0 Å². The third-order valence-corrected chi connectivity index (χ3v) is 2.80. The molecule has 0 spiro atoms. The van der Waals surface area contributed by atoms with Crippen LogP contribution in [0.1, 0.15) is 0 Å². The highest BCUT2D eigenvalue weighted by Crippen LogP contribution is 2.23. The molecular weight excluding hydrogens is 243 g/mol. The molecule has 0 saturated carbocycles. The van der Waals surface area contributed by atoms with E-state index in [2.05, 4.69) is 9.97 Å². The smallest absolute Gasteiger partial charge is 0.125 e. The SMILES string of the molecule is Nc1cc(-c2cncn2-c2cccc(F)c2)ccn1. The molecule has 3 rings (SSSR count). The number of benzene rings is 1. The van der Waals surface area contributed by atoms with Crippen molar-refractivity contribution in [3.63, 3.8) is 0 Å². The fourth-order valence-electron chi connectivity index (χ4n) is 1.95. The van der Waals surface area contributed by atoms with Crippen molar-refractivity contribution >= 4 is 5.82 Å². The molecule has 3 aromatic rings. The van der Waals surface area contributed by atoms with Crippen molar-refractivity contribution in [3.8, 4) is 16.9 Å². The van der Waals surface area contributed by atoms with Gasteiger partial charge in [-0.25, -0.2) is 14.4 Å². The van der Waals surface area contributed by atoms with Gasteiger partial charge in [-0.2, -0.15) is 0 Å². The van der Waals surface area contributed by atoms with Crippen LogP contribution in [-0.2, 0) is 0 Å². The Morgan fingerprint density at radius 3 is 2.84 bits per heavy atom. The van der Waals surface area contributed by atoms with Crippen LogP contribution in [0.25, 0.3) is 16.9 Å². The van der Waals surface area contributed by atoms with Gasteiger partial charge in [-0.3, -0.25) is 4.57 Å². The van der Waals surface area contributed by atoms with Gasteiger partial charge in [0, 0.05) is 11.8 Å². The summed E-state index contributed by atoms with van der Waals surface area (Å²) in [7, 11) is 0. The molecule has 19 heavy (non-hydrogen) atoms. The number of nitrogens with zero attached hydrogens (tertiary/aromatic N) is 3. The van der Waals surface area contributed by atoms with E-state index in [1.54, 1.807) is 35.4 Å². The Balaban J connectivity index is 2.13. The molecule has 2 N–H and O–H groups in total. The standard InChI is InChI=1S/C14H11FN4/c15-11-2-1-3-12(7-11)19-9-17-8-13(19)10-4-5-18-14(16)6-10/h1-9H,(H2,16,18). The number of hydrogen-bond acceptors (Lipinski definition) is 3. The predicted molar refractivity (Wildman–Crippen MR) is 71.2 cm³/mol. The fourth-order valence-corrected chi connectivity index (χ4v) is 1.95. The lowest BCUT2D eigenvalue weighted by atomic mass is 10.2. The van der Waals surface area contributed by atoms with Crippen molar-refractivity contribution < 1.29 is 4.39 Å². The van der Waals surface area contributed by atoms with E-state index >= 15 is 0 Å². The Bertz CT molecular complexity index is 661. The molecule has 2 aromatic heterocycles. The number of halogens is 1. The minimum Gasteiger partial charge on any atom is -0.384 e. The zero-order valence-electron chi connectivity index (χ0n) is 9.99. The van der Waals surface area contributed by atoms with Gasteiger partial charge in [0.05, 0.1) is 23.9 Å². The minimum atomic E-state index is -0.286. The van der Waals surface area contributed by atoms with E-state index < -0.39 is 0 Å². The monoisotopic (exact) mass is 254 g/mol. The molecule has 0 unspecified atom stereocenters. The van der Waals surface area contributed by atoms with Gasteiger partial charge in [-0.15, -0.1) is 0 Å². The highest BCUT2D eigenvalue weighted by atomic mass is 19.1. The summed E-state index contributed by atoms with van der Waals surface area (Å²) in [4.78, 5) is 8.07. The second-order valence-corrected chi connectivity index (χ2v) is 4.10. The quantitative estimate of drug-likeness (QED) is 0.764. The van der Waals surface area contributed by atoms with Gasteiger partial charge < -0.3 is 5.73 Å². The number of pyridine rings is 1. The van der Waals surface area contributed by atoms with Crippen molar-refractivity contribution in [1.82, 2.24) is 14.5 Å². The third kappa shape index (κ3) is 2.18. The summed E-state index contributed by atoms with van der Waals surface area (Å²) in [5.41, 5.74) is 8.10. The maximum Gasteiger partial charge on any atom is 0.125 e. The molecule has 0 aliphatic rings. The minimum absolute atomic E-state index is 0.286. The molecule has 0 bridgehead atoms. The van der Waals surface area contributed by atoms with Gasteiger partial charge in [-0.1, -0.05) is 6.07 Å². The largest absolute Gasteiger partial charge is 0.384 e. The highest BCUT2D eigenvalue weighted by Gasteiger charge is 2.08. The molecule has 0 atom stereocenters. The Kier molecular flexibility index (Phi) is 2.72. The molecule has 1 aromatic carbocycles. The van der Waals surface area contributed by atoms with Crippen LogP contribution in [0.4, 0.5) is 10.2 Å². The number of hydrogen-bond donors (Lipinski definition) is 1. The molecule has 0 radical (unpaired) electrons. The molecule has 0 fully saturated rings. The lowest BCUT2D eigenvalue weighted by Gasteiger charge is -2.08. The number of nitrogens with two attached hydrogens (primary N) is 1. The van der Waals surface area contributed by atoms with E-state index in [-0.39, 0.29) is 5.82 Å². The maximum absolute atomic E-state index is 13.3. The number of aromatic nitrogens is 3. The normalized spacial score (nSPS) is 10.6. The first-order valence-corrected chi connectivity index (χ1v) is 5.74. The summed E-state index contributed by atoms with van der Waals surface area (Å²) in [6.07, 6.45) is 4.98. The molecular formula is C14H11FN4. The Hall–Kier alpha value is -2.69. The first-order chi connectivity index (χ1) is 9.24. The van der Waals surface area contributed by atoms with E-state index in [1.807, 2.05) is 12.1 Å². The number of nitrogen functional groups attached to an aromatic ring is 1. The zero-order chi connectivity index (χ0) is 13.2. The van der Waals surface area contributed by atoms with E-state index in [4.69, 9.17) is 5.73 Å². The van der Waals surface area contributed by atoms with E-state index in [9.17, 15) is 4.39 Å². The molecule has 0 saturated heterocycles. The van der Waals surface area contributed by atoms with Crippen LogP contribution < -0.4 is 5.73 Å². The van der Waals surface area contributed by atoms with Crippen molar-refractivity contribution in [3.05, 3.63) is 60.9 Å². The van der Waals surface area contributed by atoms with Crippen LogP contribution in [0.2, 0.25) is 0 Å². The van der Waals surface area contributed by atoms with Gasteiger partial charge in [0.2, 0.25) is 0 Å².